The molecule has 0 aliphatic carbocycles. The zero-order valence-corrected chi connectivity index (χ0v) is 27.6. The molecule has 3 N–H and O–H groups in total. The number of piperidine rings is 1. The summed E-state index contributed by atoms with van der Waals surface area (Å²) < 4.78 is 0. The lowest BCUT2D eigenvalue weighted by Gasteiger charge is -2.37. The number of nitrogens with one attached hydrogen (secondary N) is 3. The van der Waals surface area contributed by atoms with Crippen LogP contribution in [0.4, 0.5) is 0 Å². The number of carbonyl (C=O) groups excluding carboxylic acids is 2. The Bertz CT molecular complexity index is 1690. The van der Waals surface area contributed by atoms with Crippen molar-refractivity contribution < 1.29 is 9.59 Å². The number of rotatable bonds is 12. The first-order chi connectivity index (χ1) is 22.9. The highest BCUT2D eigenvalue weighted by atomic mass is 16.2. The SMILES string of the molecule is Cc1ccc(C(CCCN2CCC(c3ccccc3)CC2)(CNC(=O)CNC(=O)c2cc3ccccc3[nH]2)c2ccc(C)cc2)cc1. The monoisotopic (exact) mass is 626 g/mol. The average Bonchev–Trinajstić information content (AvgIpc) is 3.55. The maximum atomic E-state index is 13.3. The molecule has 5 aromatic rings. The van der Waals surface area contributed by atoms with Crippen LogP contribution in [-0.2, 0) is 10.2 Å². The minimum Gasteiger partial charge on any atom is -0.353 e. The Morgan fingerprint density at radius 2 is 1.40 bits per heavy atom. The Balaban J connectivity index is 1.15. The molecule has 4 aromatic carbocycles. The van der Waals surface area contributed by atoms with Gasteiger partial charge in [0.2, 0.25) is 5.91 Å². The van der Waals surface area contributed by atoms with E-state index in [4.69, 9.17) is 0 Å². The minimum absolute atomic E-state index is 0.0948. The van der Waals surface area contributed by atoms with Gasteiger partial charge in [-0.25, -0.2) is 0 Å². The summed E-state index contributed by atoms with van der Waals surface area (Å²) >= 11 is 0. The van der Waals surface area contributed by atoms with E-state index in [2.05, 4.69) is 113 Å². The van der Waals surface area contributed by atoms with E-state index in [1.165, 1.54) is 40.7 Å². The van der Waals surface area contributed by atoms with Gasteiger partial charge in [-0.15, -0.1) is 0 Å². The van der Waals surface area contributed by atoms with Gasteiger partial charge in [0, 0.05) is 22.9 Å². The van der Waals surface area contributed by atoms with Crippen molar-refractivity contribution in [2.45, 2.75) is 50.9 Å². The van der Waals surface area contributed by atoms with E-state index in [9.17, 15) is 9.59 Å². The topological polar surface area (TPSA) is 77.2 Å². The molecule has 2 amide bonds. The number of hydrogen-bond acceptors (Lipinski definition) is 3. The fourth-order valence-corrected chi connectivity index (χ4v) is 7.08. The van der Waals surface area contributed by atoms with Crippen LogP contribution in [0.2, 0.25) is 0 Å². The van der Waals surface area contributed by atoms with Crippen molar-refractivity contribution in [2.75, 3.05) is 32.7 Å². The average molecular weight is 627 g/mol. The fourth-order valence-electron chi connectivity index (χ4n) is 7.08. The first-order valence-electron chi connectivity index (χ1n) is 16.9. The molecule has 1 aliphatic rings. The van der Waals surface area contributed by atoms with Crippen molar-refractivity contribution in [3.8, 4) is 0 Å². The Morgan fingerprint density at radius 3 is 2.04 bits per heavy atom. The number of aromatic nitrogens is 1. The summed E-state index contributed by atoms with van der Waals surface area (Å²) in [5.74, 6) is 0.134. The van der Waals surface area contributed by atoms with Crippen molar-refractivity contribution >= 4 is 22.7 Å². The number of likely N-dealkylation sites (tertiary alicyclic amines) is 1. The molecule has 242 valence electrons. The third-order valence-electron chi connectivity index (χ3n) is 9.92. The summed E-state index contributed by atoms with van der Waals surface area (Å²) in [7, 11) is 0. The number of hydrogen-bond donors (Lipinski definition) is 3. The van der Waals surface area contributed by atoms with E-state index in [1.807, 2.05) is 30.3 Å². The lowest BCUT2D eigenvalue weighted by molar-refractivity contribution is -0.120. The van der Waals surface area contributed by atoms with Gasteiger partial charge in [0.05, 0.1) is 6.54 Å². The number of para-hydroxylation sites is 1. The number of fused-ring (bicyclic) bond motifs is 1. The predicted molar refractivity (Wildman–Crippen MR) is 191 cm³/mol. The largest absolute Gasteiger partial charge is 0.353 e. The quantitative estimate of drug-likeness (QED) is 0.136. The molecule has 1 aliphatic heterocycles. The van der Waals surface area contributed by atoms with Gasteiger partial charge < -0.3 is 20.5 Å². The van der Waals surface area contributed by atoms with Crippen molar-refractivity contribution in [2.24, 2.45) is 0 Å². The maximum absolute atomic E-state index is 13.3. The molecular formula is C41H46N4O2. The van der Waals surface area contributed by atoms with E-state index >= 15 is 0 Å². The van der Waals surface area contributed by atoms with E-state index in [1.54, 1.807) is 0 Å². The number of aryl methyl sites for hydroxylation is 2. The Kier molecular flexibility index (Phi) is 10.2. The van der Waals surface area contributed by atoms with Crippen LogP contribution in [0.15, 0.2) is 109 Å². The normalized spacial score (nSPS) is 14.3. The lowest BCUT2D eigenvalue weighted by atomic mass is 9.70. The molecular weight excluding hydrogens is 580 g/mol. The lowest BCUT2D eigenvalue weighted by Crippen LogP contribution is -2.45. The van der Waals surface area contributed by atoms with Gasteiger partial charge in [-0.1, -0.05) is 108 Å². The molecule has 47 heavy (non-hydrogen) atoms. The van der Waals surface area contributed by atoms with Gasteiger partial charge in [0.25, 0.3) is 5.91 Å². The van der Waals surface area contributed by atoms with Gasteiger partial charge in [-0.3, -0.25) is 9.59 Å². The highest BCUT2D eigenvalue weighted by molar-refractivity contribution is 5.99. The minimum atomic E-state index is -0.416. The molecule has 0 spiro atoms. The maximum Gasteiger partial charge on any atom is 0.268 e. The zero-order valence-electron chi connectivity index (χ0n) is 27.6. The van der Waals surface area contributed by atoms with E-state index < -0.39 is 5.41 Å². The number of nitrogens with zero attached hydrogens (tertiary/aromatic N) is 1. The molecule has 0 radical (unpaired) electrons. The van der Waals surface area contributed by atoms with Crippen LogP contribution >= 0.6 is 0 Å². The first-order valence-corrected chi connectivity index (χ1v) is 16.9. The van der Waals surface area contributed by atoms with Gasteiger partial charge in [-0.2, -0.15) is 0 Å². The summed E-state index contributed by atoms with van der Waals surface area (Å²) in [5, 5.41) is 6.98. The van der Waals surface area contributed by atoms with Crippen LogP contribution < -0.4 is 10.6 Å². The van der Waals surface area contributed by atoms with Crippen LogP contribution in [0.3, 0.4) is 0 Å². The van der Waals surface area contributed by atoms with Crippen LogP contribution in [0.5, 0.6) is 0 Å². The molecule has 1 fully saturated rings. The molecule has 6 rings (SSSR count). The number of benzene rings is 4. The van der Waals surface area contributed by atoms with E-state index in [0.29, 0.717) is 18.2 Å². The van der Waals surface area contributed by atoms with Gasteiger partial charge in [-0.05, 0) is 93.9 Å². The number of aromatic amines is 1. The predicted octanol–water partition coefficient (Wildman–Crippen LogP) is 7.28. The van der Waals surface area contributed by atoms with E-state index in [-0.39, 0.29) is 18.4 Å². The van der Waals surface area contributed by atoms with Crippen molar-refractivity contribution in [3.63, 3.8) is 0 Å². The van der Waals surface area contributed by atoms with Crippen molar-refractivity contribution in [1.82, 2.24) is 20.5 Å². The summed E-state index contributed by atoms with van der Waals surface area (Å²) in [5.41, 5.74) is 7.17. The molecule has 6 heteroatoms. The third-order valence-corrected chi connectivity index (χ3v) is 9.92. The molecule has 1 aromatic heterocycles. The molecule has 0 bridgehead atoms. The number of amides is 2. The summed E-state index contributed by atoms with van der Waals surface area (Å²) in [4.78, 5) is 31.9. The Morgan fingerprint density at radius 1 is 0.787 bits per heavy atom. The Hall–Kier alpha value is -4.68. The smallest absolute Gasteiger partial charge is 0.268 e. The molecule has 1 saturated heterocycles. The van der Waals surface area contributed by atoms with Gasteiger partial charge in [0.1, 0.15) is 5.69 Å². The van der Waals surface area contributed by atoms with Crippen LogP contribution in [0.25, 0.3) is 10.9 Å². The molecule has 0 atom stereocenters. The summed E-state index contributed by atoms with van der Waals surface area (Å²) in [6.45, 7) is 7.79. The van der Waals surface area contributed by atoms with Crippen LogP contribution in [0.1, 0.15) is 69.9 Å². The van der Waals surface area contributed by atoms with Gasteiger partial charge in [0.15, 0.2) is 0 Å². The third kappa shape index (κ3) is 7.83. The second kappa shape index (κ2) is 14.8. The Labute approximate surface area is 278 Å². The molecule has 0 saturated carbocycles. The van der Waals surface area contributed by atoms with Gasteiger partial charge >= 0.3 is 0 Å². The molecule has 0 unspecified atom stereocenters. The second-order valence-electron chi connectivity index (χ2n) is 13.2. The number of carbonyl (C=O) groups is 2. The fraction of sp³-hybridized carbons (Fsp3) is 0.317. The van der Waals surface area contributed by atoms with Crippen molar-refractivity contribution in [3.05, 3.63) is 143 Å². The first kappa shape index (κ1) is 32.3. The second-order valence-corrected chi connectivity index (χ2v) is 13.2. The molecule has 2 heterocycles. The summed E-state index contributed by atoms with van der Waals surface area (Å²) in [6, 6.07) is 38.0. The zero-order chi connectivity index (χ0) is 32.6. The number of H-pyrrole nitrogens is 1. The van der Waals surface area contributed by atoms with Crippen molar-refractivity contribution in [1.29, 1.82) is 0 Å². The molecule has 6 nitrogen and oxygen atoms in total. The highest BCUT2D eigenvalue weighted by Crippen LogP contribution is 2.37. The van der Waals surface area contributed by atoms with Crippen LogP contribution in [0, 0.1) is 13.8 Å². The highest BCUT2D eigenvalue weighted by Gasteiger charge is 2.35. The summed E-state index contributed by atoms with van der Waals surface area (Å²) in [6.07, 6.45) is 4.26. The standard InChI is InChI=1S/C41H46N4O2/c1-30-13-17-35(18-14-30)41(36-19-15-31(2)16-20-36,23-8-24-45-25-21-33(22-26-45)32-9-4-3-5-10-32)29-43-39(46)28-42-40(47)38-27-34-11-6-7-12-37(34)44-38/h3-7,9-20,27,33,44H,8,21-26,28-29H2,1-2H3,(H,42,47)(H,43,46). The van der Waals surface area contributed by atoms with Crippen LogP contribution in [-0.4, -0.2) is 54.4 Å². The van der Waals surface area contributed by atoms with E-state index in [0.717, 1.165) is 43.4 Å².